The second-order valence-electron chi connectivity index (χ2n) is 8.06. The number of fused-ring (bicyclic) bond motifs is 1. The Morgan fingerprint density at radius 3 is 2.44 bits per heavy atom. The topological polar surface area (TPSA) is 68.3 Å². The van der Waals surface area contributed by atoms with Crippen LogP contribution in [0.5, 0.6) is 0 Å². The van der Waals surface area contributed by atoms with E-state index in [2.05, 4.69) is 9.88 Å². The molecule has 1 saturated heterocycles. The summed E-state index contributed by atoms with van der Waals surface area (Å²) in [7, 11) is 3.32. The maximum absolute atomic E-state index is 13.0. The number of nitrogens with zero attached hydrogens (tertiary/aromatic N) is 6. The molecule has 0 aliphatic carbocycles. The molecule has 1 aliphatic rings. The van der Waals surface area contributed by atoms with Gasteiger partial charge in [-0.05, 0) is 31.2 Å². The van der Waals surface area contributed by atoms with Crippen LogP contribution in [0, 0.1) is 0 Å². The van der Waals surface area contributed by atoms with Gasteiger partial charge in [-0.1, -0.05) is 6.07 Å². The zero-order valence-electron chi connectivity index (χ0n) is 18.0. The van der Waals surface area contributed by atoms with Gasteiger partial charge < -0.3 is 9.47 Å². The Morgan fingerprint density at radius 1 is 1.03 bits per heavy atom. The molecule has 2 aromatic heterocycles. The quantitative estimate of drug-likeness (QED) is 0.592. The van der Waals surface area contributed by atoms with Crippen LogP contribution in [0.15, 0.2) is 40.2 Å². The van der Waals surface area contributed by atoms with Crippen molar-refractivity contribution < 1.29 is 13.2 Å². The van der Waals surface area contributed by atoms with Crippen LogP contribution in [-0.4, -0.2) is 56.3 Å². The van der Waals surface area contributed by atoms with Crippen molar-refractivity contribution in [3.63, 3.8) is 0 Å². The first-order chi connectivity index (χ1) is 15.2. The van der Waals surface area contributed by atoms with Gasteiger partial charge in [0.25, 0.3) is 5.56 Å². The predicted molar refractivity (Wildman–Crippen MR) is 115 cm³/mol. The lowest BCUT2D eigenvalue weighted by Crippen LogP contribution is -2.47. The van der Waals surface area contributed by atoms with E-state index >= 15 is 0 Å². The lowest BCUT2D eigenvalue weighted by molar-refractivity contribution is -0.137. The monoisotopic (exact) mass is 450 g/mol. The van der Waals surface area contributed by atoms with Crippen molar-refractivity contribution in [2.75, 3.05) is 37.6 Å². The fourth-order valence-electron chi connectivity index (χ4n) is 4.15. The summed E-state index contributed by atoms with van der Waals surface area (Å²) in [6.45, 7) is 3.61. The first kappa shape index (κ1) is 22.1. The fraction of sp³-hybridized carbons (Fsp3) is 0.476. The Balaban J connectivity index is 1.36. The molecule has 32 heavy (non-hydrogen) atoms. The van der Waals surface area contributed by atoms with E-state index in [1.54, 1.807) is 24.7 Å². The van der Waals surface area contributed by atoms with Crippen molar-refractivity contribution in [2.24, 2.45) is 14.1 Å². The molecule has 1 aromatic carbocycles. The molecule has 0 unspecified atom stereocenters. The van der Waals surface area contributed by atoms with Gasteiger partial charge in [0.05, 0.1) is 11.9 Å². The third-order valence-electron chi connectivity index (χ3n) is 5.97. The smallest absolute Gasteiger partial charge is 0.369 e. The maximum atomic E-state index is 13.0. The number of anilines is 1. The molecule has 0 bridgehead atoms. The van der Waals surface area contributed by atoms with Crippen LogP contribution >= 0.6 is 0 Å². The van der Waals surface area contributed by atoms with Crippen molar-refractivity contribution in [3.05, 3.63) is 57.0 Å². The van der Waals surface area contributed by atoms with E-state index in [4.69, 9.17) is 0 Å². The number of hydrogen-bond acceptors (Lipinski definition) is 5. The Bertz CT molecular complexity index is 1240. The third-order valence-corrected chi connectivity index (χ3v) is 5.97. The molecular formula is C21H25F3N6O2. The van der Waals surface area contributed by atoms with Crippen LogP contribution in [0.1, 0.15) is 12.0 Å². The standard InChI is InChI=1S/C21H25F3N6O2/c1-26-14-25-18-17(26)19(31)30(20(32)27(18)2)8-4-7-28-9-11-29(12-10-28)16-6-3-5-15(13-16)21(22,23)24/h3,5-6,13-14H,4,7-12H2,1-2H3. The summed E-state index contributed by atoms with van der Waals surface area (Å²) in [6, 6.07) is 5.39. The molecular weight excluding hydrogens is 425 g/mol. The second kappa shape index (κ2) is 8.45. The van der Waals surface area contributed by atoms with Gasteiger partial charge in [0.2, 0.25) is 0 Å². The molecule has 11 heteroatoms. The molecule has 8 nitrogen and oxygen atoms in total. The number of benzene rings is 1. The summed E-state index contributed by atoms with van der Waals surface area (Å²) in [5.41, 5.74) is -0.0619. The van der Waals surface area contributed by atoms with Crippen LogP contribution in [0.4, 0.5) is 18.9 Å². The van der Waals surface area contributed by atoms with Crippen LogP contribution in [0.3, 0.4) is 0 Å². The number of rotatable bonds is 5. The summed E-state index contributed by atoms with van der Waals surface area (Å²) in [5.74, 6) is 0. The summed E-state index contributed by atoms with van der Waals surface area (Å²) in [6.07, 6.45) is -2.23. The highest BCUT2D eigenvalue weighted by atomic mass is 19.4. The van der Waals surface area contributed by atoms with E-state index in [-0.39, 0.29) is 5.56 Å². The van der Waals surface area contributed by atoms with E-state index in [9.17, 15) is 22.8 Å². The van der Waals surface area contributed by atoms with Gasteiger partial charge in [-0.3, -0.25) is 18.8 Å². The molecule has 1 fully saturated rings. The molecule has 0 atom stereocenters. The van der Waals surface area contributed by atoms with Gasteiger partial charge >= 0.3 is 11.9 Å². The lowest BCUT2D eigenvalue weighted by atomic mass is 10.1. The van der Waals surface area contributed by atoms with E-state index in [1.807, 2.05) is 4.90 Å². The van der Waals surface area contributed by atoms with Gasteiger partial charge in [-0.2, -0.15) is 13.2 Å². The zero-order chi connectivity index (χ0) is 23.0. The molecule has 0 spiro atoms. The van der Waals surface area contributed by atoms with Crippen molar-refractivity contribution in [1.82, 2.24) is 23.6 Å². The highest BCUT2D eigenvalue weighted by Gasteiger charge is 2.31. The lowest BCUT2D eigenvalue weighted by Gasteiger charge is -2.36. The molecule has 3 aromatic rings. The summed E-state index contributed by atoms with van der Waals surface area (Å²) in [4.78, 5) is 33.6. The minimum Gasteiger partial charge on any atom is -0.369 e. The van der Waals surface area contributed by atoms with Crippen LogP contribution in [-0.2, 0) is 26.8 Å². The van der Waals surface area contributed by atoms with Crippen LogP contribution in [0.25, 0.3) is 11.2 Å². The molecule has 4 rings (SSSR count). The highest BCUT2D eigenvalue weighted by molar-refractivity contribution is 5.69. The van der Waals surface area contributed by atoms with Gasteiger partial charge in [0.15, 0.2) is 11.2 Å². The van der Waals surface area contributed by atoms with E-state index in [0.717, 1.165) is 6.07 Å². The normalized spacial score (nSPS) is 15.6. The molecule has 0 N–H and O–H groups in total. The molecule has 3 heterocycles. The minimum atomic E-state index is -4.36. The van der Waals surface area contributed by atoms with Crippen molar-refractivity contribution in [2.45, 2.75) is 19.1 Å². The molecule has 1 aliphatic heterocycles. The largest absolute Gasteiger partial charge is 0.416 e. The molecule has 0 saturated carbocycles. The average Bonchev–Trinajstić information content (AvgIpc) is 3.16. The highest BCUT2D eigenvalue weighted by Crippen LogP contribution is 2.31. The molecule has 0 radical (unpaired) electrons. The first-order valence-electron chi connectivity index (χ1n) is 10.4. The van der Waals surface area contributed by atoms with Crippen molar-refractivity contribution in [3.8, 4) is 0 Å². The van der Waals surface area contributed by atoms with Crippen LogP contribution in [0.2, 0.25) is 0 Å². The van der Waals surface area contributed by atoms with Crippen molar-refractivity contribution >= 4 is 16.9 Å². The minimum absolute atomic E-state index is 0.292. The Labute approximate surface area is 182 Å². The maximum Gasteiger partial charge on any atom is 0.416 e. The third kappa shape index (κ3) is 4.16. The summed E-state index contributed by atoms with van der Waals surface area (Å²) >= 11 is 0. The second-order valence-corrected chi connectivity index (χ2v) is 8.06. The van der Waals surface area contributed by atoms with Crippen molar-refractivity contribution in [1.29, 1.82) is 0 Å². The number of aryl methyl sites for hydroxylation is 2. The Kier molecular flexibility index (Phi) is 5.85. The fourth-order valence-corrected chi connectivity index (χ4v) is 4.15. The number of alkyl halides is 3. The first-order valence-corrected chi connectivity index (χ1v) is 10.4. The van der Waals surface area contributed by atoms with Gasteiger partial charge in [0, 0.05) is 52.5 Å². The van der Waals surface area contributed by atoms with Gasteiger partial charge in [-0.25, -0.2) is 9.78 Å². The Hall–Kier alpha value is -3.08. The number of piperazine rings is 1. The van der Waals surface area contributed by atoms with E-state index in [1.165, 1.54) is 27.6 Å². The van der Waals surface area contributed by atoms with Crippen LogP contribution < -0.4 is 16.1 Å². The molecule has 172 valence electrons. The molecule has 0 amide bonds. The number of imidazole rings is 1. The average molecular weight is 450 g/mol. The SMILES string of the molecule is Cn1cnc2c1c(=O)n(CCCN1CCN(c3cccc(C(F)(F)F)c3)CC1)c(=O)n2C. The van der Waals surface area contributed by atoms with Gasteiger partial charge in [-0.15, -0.1) is 0 Å². The predicted octanol–water partition coefficient (Wildman–Crippen LogP) is 1.66. The van der Waals surface area contributed by atoms with E-state index < -0.39 is 17.4 Å². The van der Waals surface area contributed by atoms with Gasteiger partial charge in [0.1, 0.15) is 0 Å². The Morgan fingerprint density at radius 2 is 1.75 bits per heavy atom. The number of hydrogen-bond donors (Lipinski definition) is 0. The summed E-state index contributed by atoms with van der Waals surface area (Å²) < 4.78 is 43.1. The van der Waals surface area contributed by atoms with E-state index in [0.29, 0.717) is 62.5 Å². The number of aromatic nitrogens is 4. The summed E-state index contributed by atoms with van der Waals surface area (Å²) in [5, 5.41) is 0. The number of halogens is 3. The zero-order valence-corrected chi connectivity index (χ0v) is 18.0.